The first kappa shape index (κ1) is 17.1. The summed E-state index contributed by atoms with van der Waals surface area (Å²) in [5, 5.41) is 2.99. The van der Waals surface area contributed by atoms with Crippen molar-refractivity contribution in [2.45, 2.75) is 64.3 Å². The SMILES string of the molecule is Cc1ccc(C(C)(C)C)cc1SCC(=O)NC(C)(C)C. The van der Waals surface area contributed by atoms with Crippen LogP contribution in [-0.2, 0) is 10.2 Å². The summed E-state index contributed by atoms with van der Waals surface area (Å²) in [5.74, 6) is 0.550. The molecule has 1 aromatic carbocycles. The van der Waals surface area contributed by atoms with Gasteiger partial charge < -0.3 is 5.32 Å². The summed E-state index contributed by atoms with van der Waals surface area (Å²) in [6.45, 7) is 14.7. The molecular weight excluding hydrogens is 266 g/mol. The van der Waals surface area contributed by atoms with Crippen LogP contribution in [0.5, 0.6) is 0 Å². The van der Waals surface area contributed by atoms with Gasteiger partial charge in [-0.25, -0.2) is 0 Å². The number of hydrogen-bond donors (Lipinski definition) is 1. The smallest absolute Gasteiger partial charge is 0.230 e. The molecule has 1 N–H and O–H groups in total. The fourth-order valence-electron chi connectivity index (χ4n) is 1.82. The largest absolute Gasteiger partial charge is 0.351 e. The monoisotopic (exact) mass is 293 g/mol. The van der Waals surface area contributed by atoms with Gasteiger partial charge in [-0.2, -0.15) is 0 Å². The zero-order valence-corrected chi connectivity index (χ0v) is 14.6. The Morgan fingerprint density at radius 1 is 1.15 bits per heavy atom. The number of aryl methyl sites for hydroxylation is 1. The Bertz CT molecular complexity index is 481. The van der Waals surface area contributed by atoms with Crippen molar-refractivity contribution in [2.24, 2.45) is 0 Å². The summed E-state index contributed by atoms with van der Waals surface area (Å²) in [7, 11) is 0. The highest BCUT2D eigenvalue weighted by molar-refractivity contribution is 8.00. The van der Waals surface area contributed by atoms with Gasteiger partial charge in [-0.15, -0.1) is 11.8 Å². The quantitative estimate of drug-likeness (QED) is 0.842. The standard InChI is InChI=1S/C17H27NOS/c1-12-8-9-13(16(2,3)4)10-14(12)20-11-15(19)18-17(5,6)7/h8-10H,11H2,1-7H3,(H,18,19). The normalized spacial score (nSPS) is 12.3. The fraction of sp³-hybridized carbons (Fsp3) is 0.588. The molecule has 1 amide bonds. The molecule has 0 unspecified atom stereocenters. The molecule has 0 spiro atoms. The zero-order valence-electron chi connectivity index (χ0n) is 13.8. The molecular formula is C17H27NOS. The molecule has 0 aliphatic heterocycles. The van der Waals surface area contributed by atoms with Crippen LogP contribution in [0.25, 0.3) is 0 Å². The van der Waals surface area contributed by atoms with Gasteiger partial charge in [-0.05, 0) is 50.3 Å². The molecule has 0 saturated heterocycles. The van der Waals surface area contributed by atoms with Gasteiger partial charge in [-0.1, -0.05) is 32.9 Å². The number of carbonyl (C=O) groups is 1. The minimum atomic E-state index is -0.167. The van der Waals surface area contributed by atoms with Gasteiger partial charge in [0.25, 0.3) is 0 Å². The Kier molecular flexibility index (Phi) is 5.31. The predicted octanol–water partition coefficient (Wildman–Crippen LogP) is 4.30. The highest BCUT2D eigenvalue weighted by Crippen LogP contribution is 2.29. The molecule has 0 fully saturated rings. The van der Waals surface area contributed by atoms with E-state index in [0.29, 0.717) is 5.75 Å². The van der Waals surface area contributed by atoms with Crippen molar-refractivity contribution in [3.63, 3.8) is 0 Å². The van der Waals surface area contributed by atoms with E-state index in [1.807, 2.05) is 20.8 Å². The summed E-state index contributed by atoms with van der Waals surface area (Å²) in [6.07, 6.45) is 0. The highest BCUT2D eigenvalue weighted by atomic mass is 32.2. The van der Waals surface area contributed by atoms with Crippen LogP contribution in [0.2, 0.25) is 0 Å². The molecule has 3 heteroatoms. The molecule has 2 nitrogen and oxygen atoms in total. The first-order valence-corrected chi connectivity index (χ1v) is 8.02. The lowest BCUT2D eigenvalue weighted by Gasteiger charge is -2.22. The van der Waals surface area contributed by atoms with E-state index in [9.17, 15) is 4.79 Å². The maximum absolute atomic E-state index is 11.9. The molecule has 0 aliphatic carbocycles. The molecule has 0 radical (unpaired) electrons. The Balaban J connectivity index is 2.75. The molecule has 1 rings (SSSR count). The average Bonchev–Trinajstić information content (AvgIpc) is 2.24. The van der Waals surface area contributed by atoms with Crippen molar-refractivity contribution >= 4 is 17.7 Å². The molecule has 0 saturated carbocycles. The topological polar surface area (TPSA) is 29.1 Å². The van der Waals surface area contributed by atoms with Crippen molar-refractivity contribution in [1.29, 1.82) is 0 Å². The van der Waals surface area contributed by atoms with Crippen LogP contribution in [0.3, 0.4) is 0 Å². The van der Waals surface area contributed by atoms with Gasteiger partial charge in [0.15, 0.2) is 0 Å². The van der Waals surface area contributed by atoms with E-state index in [1.165, 1.54) is 16.0 Å². The molecule has 20 heavy (non-hydrogen) atoms. The number of carbonyl (C=O) groups excluding carboxylic acids is 1. The number of nitrogens with one attached hydrogen (secondary N) is 1. The van der Waals surface area contributed by atoms with Crippen LogP contribution in [0.1, 0.15) is 52.7 Å². The molecule has 1 aromatic rings. The zero-order chi connectivity index (χ0) is 15.6. The van der Waals surface area contributed by atoms with Crippen LogP contribution in [0.15, 0.2) is 23.1 Å². The highest BCUT2D eigenvalue weighted by Gasteiger charge is 2.17. The number of hydrogen-bond acceptors (Lipinski definition) is 2. The molecule has 0 heterocycles. The first-order chi connectivity index (χ1) is 8.99. The van der Waals surface area contributed by atoms with E-state index >= 15 is 0 Å². The van der Waals surface area contributed by atoms with Crippen molar-refractivity contribution < 1.29 is 4.79 Å². The Labute approximate surface area is 127 Å². The van der Waals surface area contributed by atoms with Crippen LogP contribution >= 0.6 is 11.8 Å². The van der Waals surface area contributed by atoms with E-state index in [1.54, 1.807) is 11.8 Å². The summed E-state index contributed by atoms with van der Waals surface area (Å²) in [4.78, 5) is 13.1. The summed E-state index contributed by atoms with van der Waals surface area (Å²) in [6, 6.07) is 6.53. The summed E-state index contributed by atoms with van der Waals surface area (Å²) >= 11 is 1.61. The maximum Gasteiger partial charge on any atom is 0.230 e. The number of benzene rings is 1. The van der Waals surface area contributed by atoms with E-state index in [0.717, 1.165) is 0 Å². The van der Waals surface area contributed by atoms with Gasteiger partial charge in [0.1, 0.15) is 0 Å². The minimum absolute atomic E-state index is 0.0862. The lowest BCUT2D eigenvalue weighted by atomic mass is 9.87. The lowest BCUT2D eigenvalue weighted by molar-refractivity contribution is -0.119. The van der Waals surface area contributed by atoms with Gasteiger partial charge >= 0.3 is 0 Å². The molecule has 112 valence electrons. The number of rotatable bonds is 3. The van der Waals surface area contributed by atoms with E-state index in [-0.39, 0.29) is 16.9 Å². The van der Waals surface area contributed by atoms with Crippen molar-refractivity contribution in [2.75, 3.05) is 5.75 Å². The number of thioether (sulfide) groups is 1. The molecule has 0 aromatic heterocycles. The second-order valence-electron chi connectivity index (χ2n) is 7.32. The van der Waals surface area contributed by atoms with Gasteiger partial charge in [-0.3, -0.25) is 4.79 Å². The Hall–Kier alpha value is -0.960. The van der Waals surface area contributed by atoms with Crippen LogP contribution < -0.4 is 5.32 Å². The second-order valence-corrected chi connectivity index (χ2v) is 8.33. The van der Waals surface area contributed by atoms with Crippen LogP contribution in [0.4, 0.5) is 0 Å². The summed E-state index contributed by atoms with van der Waals surface area (Å²) in [5.41, 5.74) is 2.50. The van der Waals surface area contributed by atoms with E-state index in [2.05, 4.69) is 51.2 Å². The maximum atomic E-state index is 11.9. The van der Waals surface area contributed by atoms with Crippen LogP contribution in [0, 0.1) is 6.92 Å². The Morgan fingerprint density at radius 2 is 1.75 bits per heavy atom. The van der Waals surface area contributed by atoms with Gasteiger partial charge in [0, 0.05) is 10.4 Å². The van der Waals surface area contributed by atoms with Crippen molar-refractivity contribution in [3.05, 3.63) is 29.3 Å². The van der Waals surface area contributed by atoms with Crippen molar-refractivity contribution in [1.82, 2.24) is 5.32 Å². The predicted molar refractivity (Wildman–Crippen MR) is 88.5 cm³/mol. The first-order valence-electron chi connectivity index (χ1n) is 7.04. The lowest BCUT2D eigenvalue weighted by Crippen LogP contribution is -2.41. The molecule has 0 bridgehead atoms. The molecule has 0 atom stereocenters. The fourth-order valence-corrected chi connectivity index (χ4v) is 2.68. The van der Waals surface area contributed by atoms with Crippen LogP contribution in [-0.4, -0.2) is 17.2 Å². The second kappa shape index (κ2) is 6.21. The third kappa shape index (κ3) is 5.58. The molecule has 0 aliphatic rings. The van der Waals surface area contributed by atoms with Gasteiger partial charge in [0.2, 0.25) is 5.91 Å². The number of amides is 1. The van der Waals surface area contributed by atoms with Crippen molar-refractivity contribution in [3.8, 4) is 0 Å². The van der Waals surface area contributed by atoms with E-state index in [4.69, 9.17) is 0 Å². The van der Waals surface area contributed by atoms with E-state index < -0.39 is 0 Å². The third-order valence-corrected chi connectivity index (χ3v) is 4.08. The van der Waals surface area contributed by atoms with Gasteiger partial charge in [0.05, 0.1) is 5.75 Å². The summed E-state index contributed by atoms with van der Waals surface area (Å²) < 4.78 is 0. The third-order valence-electron chi connectivity index (χ3n) is 2.93. The minimum Gasteiger partial charge on any atom is -0.351 e. The Morgan fingerprint density at radius 3 is 2.25 bits per heavy atom. The average molecular weight is 293 g/mol.